The maximum Gasteiger partial charge on any atom is 0.256 e. The molecule has 0 aliphatic carbocycles. The van der Waals surface area contributed by atoms with Crippen molar-refractivity contribution < 1.29 is 55.8 Å². The predicted octanol–water partition coefficient (Wildman–Crippen LogP) is 3.81. The quantitative estimate of drug-likeness (QED) is 0.221. The minimum atomic E-state index is -2.64. The summed E-state index contributed by atoms with van der Waals surface area (Å²) in [5, 5.41) is 0.311. The zero-order valence-electron chi connectivity index (χ0n) is 13.5. The Morgan fingerprint density at radius 2 is 2.16 bits per heavy atom. The largest absolute Gasteiger partial charge is 0.491 e. The van der Waals surface area contributed by atoms with Crippen molar-refractivity contribution in [2.75, 3.05) is 26.9 Å². The number of hydrogen-bond donors (Lipinski definition) is 0. The van der Waals surface area contributed by atoms with Crippen LogP contribution in [0.4, 0.5) is 8.78 Å². The molecule has 0 fully saturated rings. The summed E-state index contributed by atoms with van der Waals surface area (Å²) in [5.74, 6) is 0.178. The van der Waals surface area contributed by atoms with E-state index in [4.69, 9.17) is 21.1 Å². The first kappa shape index (κ1) is 23.2. The van der Waals surface area contributed by atoms with Crippen LogP contribution in [-0.4, -0.2) is 48.0 Å². The van der Waals surface area contributed by atoms with Crippen LogP contribution in [-0.2, 0) is 42.2 Å². The summed E-state index contributed by atoms with van der Waals surface area (Å²) in [5.41, 5.74) is 0.773. The molecular weight excluding hydrogens is 543 g/mol. The van der Waals surface area contributed by atoms with Gasteiger partial charge in [0.05, 0.1) is 17.1 Å². The van der Waals surface area contributed by atoms with Crippen LogP contribution in [0.15, 0.2) is 18.2 Å². The fourth-order valence-electron chi connectivity index (χ4n) is 2.23. The van der Waals surface area contributed by atoms with Gasteiger partial charge in [0.25, 0.3) is 6.43 Å². The SMILES string of the molecule is COCCOc1ccc(C2=[C-]CC(I)C(=O)N2CC(F)F)c(Cl)c1.[Y]. The summed E-state index contributed by atoms with van der Waals surface area (Å²) < 4.78 is 35.6. The molecule has 1 atom stereocenters. The molecule has 0 saturated carbocycles. The molecule has 25 heavy (non-hydrogen) atoms. The van der Waals surface area contributed by atoms with Gasteiger partial charge < -0.3 is 14.4 Å². The zero-order chi connectivity index (χ0) is 17.7. The average Bonchev–Trinajstić information content (AvgIpc) is 2.53. The summed E-state index contributed by atoms with van der Waals surface area (Å²) in [6, 6.07) is 4.90. The first-order valence-corrected chi connectivity index (χ1v) is 8.82. The summed E-state index contributed by atoms with van der Waals surface area (Å²) in [7, 11) is 1.57. The Labute approximate surface area is 189 Å². The predicted molar refractivity (Wildman–Crippen MR) is 95.6 cm³/mol. The van der Waals surface area contributed by atoms with Crippen LogP contribution < -0.4 is 4.74 Å². The number of ether oxygens (including phenoxy) is 2. The molecular formula is C16H16ClF2INO3Y-. The van der Waals surface area contributed by atoms with E-state index in [0.29, 0.717) is 41.7 Å². The van der Waals surface area contributed by atoms with Crippen molar-refractivity contribution in [3.05, 3.63) is 34.9 Å². The summed E-state index contributed by atoms with van der Waals surface area (Å²) in [4.78, 5) is 13.3. The molecule has 4 nitrogen and oxygen atoms in total. The van der Waals surface area contributed by atoms with Crippen molar-refractivity contribution in [3.63, 3.8) is 0 Å². The minimum absolute atomic E-state index is 0. The Hall–Kier alpha value is 0.174. The van der Waals surface area contributed by atoms with E-state index in [0.717, 1.165) is 4.90 Å². The molecule has 0 N–H and O–H groups in total. The topological polar surface area (TPSA) is 38.8 Å². The number of methoxy groups -OCH3 is 1. The fourth-order valence-corrected chi connectivity index (χ4v) is 3.05. The van der Waals surface area contributed by atoms with Gasteiger partial charge >= 0.3 is 0 Å². The molecule has 0 bridgehead atoms. The van der Waals surface area contributed by atoms with Crippen molar-refractivity contribution in [3.8, 4) is 5.75 Å². The Balaban J connectivity index is 0.00000312. The van der Waals surface area contributed by atoms with E-state index in [-0.39, 0.29) is 38.6 Å². The first-order chi connectivity index (χ1) is 11.4. The van der Waals surface area contributed by atoms with Crippen LogP contribution >= 0.6 is 34.2 Å². The third-order valence-electron chi connectivity index (χ3n) is 3.33. The first-order valence-electron chi connectivity index (χ1n) is 7.20. The van der Waals surface area contributed by atoms with Gasteiger partial charge in [0.1, 0.15) is 12.4 Å². The van der Waals surface area contributed by atoms with Crippen LogP contribution in [0, 0.1) is 6.08 Å². The minimum Gasteiger partial charge on any atom is -0.491 e. The fraction of sp³-hybridized carbons (Fsp3) is 0.438. The van der Waals surface area contributed by atoms with E-state index in [1.54, 1.807) is 25.3 Å². The molecule has 0 aromatic heterocycles. The van der Waals surface area contributed by atoms with Crippen LogP contribution in [0.2, 0.25) is 5.02 Å². The molecule has 1 heterocycles. The van der Waals surface area contributed by atoms with Gasteiger partial charge in [0.2, 0.25) is 5.91 Å². The van der Waals surface area contributed by atoms with Gasteiger partial charge in [-0.2, -0.15) is 0 Å². The van der Waals surface area contributed by atoms with E-state index >= 15 is 0 Å². The Bertz CT molecular complexity index is 633. The normalized spacial score (nSPS) is 17.4. The van der Waals surface area contributed by atoms with Gasteiger partial charge in [-0.3, -0.25) is 4.79 Å². The number of halogens is 4. The maximum atomic E-state index is 12.8. The zero-order valence-corrected chi connectivity index (χ0v) is 19.2. The molecule has 1 aliphatic heterocycles. The number of benzene rings is 1. The smallest absolute Gasteiger partial charge is 0.256 e. The summed E-state index contributed by atoms with van der Waals surface area (Å²) in [6.07, 6.45) is 0.741. The molecule has 1 aromatic rings. The van der Waals surface area contributed by atoms with Crippen molar-refractivity contribution in [1.82, 2.24) is 4.90 Å². The molecule has 1 amide bonds. The van der Waals surface area contributed by atoms with E-state index in [2.05, 4.69) is 6.08 Å². The molecule has 0 saturated heterocycles. The van der Waals surface area contributed by atoms with Gasteiger partial charge in [0, 0.05) is 39.8 Å². The van der Waals surface area contributed by atoms with Crippen LogP contribution in [0.1, 0.15) is 12.0 Å². The average molecular weight is 560 g/mol. The Kier molecular flexibility index (Phi) is 10.3. The van der Waals surface area contributed by atoms with Crippen molar-refractivity contribution >= 4 is 45.8 Å². The van der Waals surface area contributed by atoms with E-state index in [9.17, 15) is 13.6 Å². The second-order valence-electron chi connectivity index (χ2n) is 5.02. The summed E-state index contributed by atoms with van der Waals surface area (Å²) >= 11 is 8.19. The van der Waals surface area contributed by atoms with Gasteiger partial charge in [-0.25, -0.2) is 14.9 Å². The molecule has 9 heteroatoms. The number of carbonyl (C=O) groups is 1. The van der Waals surface area contributed by atoms with E-state index < -0.39 is 16.9 Å². The molecule has 135 valence electrons. The number of rotatable bonds is 7. The molecule has 1 unspecified atom stereocenters. The third kappa shape index (κ3) is 6.38. The van der Waals surface area contributed by atoms with E-state index in [1.165, 1.54) is 0 Å². The van der Waals surface area contributed by atoms with Gasteiger partial charge in [0.15, 0.2) is 0 Å². The molecule has 1 aromatic carbocycles. The third-order valence-corrected chi connectivity index (χ3v) is 4.61. The van der Waals surface area contributed by atoms with Crippen molar-refractivity contribution in [2.45, 2.75) is 16.8 Å². The second-order valence-corrected chi connectivity index (χ2v) is 6.93. The number of amides is 1. The van der Waals surface area contributed by atoms with Gasteiger partial charge in [-0.05, 0) is 17.2 Å². The van der Waals surface area contributed by atoms with Gasteiger partial charge in [-0.15, -0.1) is 28.9 Å². The summed E-state index contributed by atoms with van der Waals surface area (Å²) in [6.45, 7) is 0.128. The molecule has 1 aliphatic rings. The Morgan fingerprint density at radius 3 is 2.76 bits per heavy atom. The number of carbonyl (C=O) groups excluding carboxylic acids is 1. The number of alkyl halides is 3. The molecule has 2 rings (SSSR count). The maximum absolute atomic E-state index is 12.8. The van der Waals surface area contributed by atoms with Crippen LogP contribution in [0.25, 0.3) is 5.70 Å². The van der Waals surface area contributed by atoms with Gasteiger partial charge in [-0.1, -0.05) is 29.0 Å². The Morgan fingerprint density at radius 1 is 1.44 bits per heavy atom. The van der Waals surface area contributed by atoms with E-state index in [1.807, 2.05) is 22.6 Å². The molecule has 1 radical (unpaired) electrons. The number of nitrogens with zero attached hydrogens (tertiary/aromatic N) is 1. The van der Waals surface area contributed by atoms with Crippen molar-refractivity contribution in [2.24, 2.45) is 0 Å². The van der Waals surface area contributed by atoms with Crippen LogP contribution in [0.5, 0.6) is 5.75 Å². The van der Waals surface area contributed by atoms with Crippen molar-refractivity contribution in [1.29, 1.82) is 0 Å². The van der Waals surface area contributed by atoms with Crippen LogP contribution in [0.3, 0.4) is 0 Å². The monoisotopic (exact) mass is 559 g/mol. The number of hydrogen-bond acceptors (Lipinski definition) is 3. The number of allylic oxidation sites excluding steroid dienone is 1. The second kappa shape index (κ2) is 11.1. The standard InChI is InChI=1S/C16H16ClF2INO3.Y/c1-23-6-7-24-10-2-3-11(12(17)8-10)14-5-4-13(20)16(22)21(14)9-15(18)19;/h2-3,8,13,15H,4,6-7,9H2,1H3;/q-1;. The molecule has 0 spiro atoms.